The third-order valence-corrected chi connectivity index (χ3v) is 5.39. The molecule has 0 aliphatic heterocycles. The van der Waals surface area contributed by atoms with E-state index in [0.717, 1.165) is 41.5 Å². The van der Waals surface area contributed by atoms with Crippen LogP contribution >= 0.6 is 0 Å². The average molecular weight is 411 g/mol. The molecule has 0 unspecified atom stereocenters. The zero-order valence-corrected chi connectivity index (χ0v) is 16.9. The maximum atomic E-state index is 12.9. The van der Waals surface area contributed by atoms with Gasteiger partial charge in [-0.05, 0) is 50.3 Å². The van der Waals surface area contributed by atoms with Crippen LogP contribution in [-0.4, -0.2) is 36.6 Å². The van der Waals surface area contributed by atoms with Crippen molar-refractivity contribution < 1.29 is 9.90 Å². The second kappa shape index (κ2) is 8.25. The minimum atomic E-state index is -0.811. The molecule has 158 valence electrons. The van der Waals surface area contributed by atoms with Crippen molar-refractivity contribution in [2.45, 2.75) is 64.5 Å². The summed E-state index contributed by atoms with van der Waals surface area (Å²) in [6.07, 6.45) is 5.15. The van der Waals surface area contributed by atoms with E-state index >= 15 is 0 Å². The third-order valence-electron chi connectivity index (χ3n) is 5.39. The number of aliphatic carboxylic acids is 1. The summed E-state index contributed by atoms with van der Waals surface area (Å²) in [5, 5.41) is 12.1. The number of hydrogen-bond acceptors (Lipinski definition) is 6. The van der Waals surface area contributed by atoms with E-state index in [-0.39, 0.29) is 24.1 Å². The summed E-state index contributed by atoms with van der Waals surface area (Å²) in [5.74, 6) is -0.811. The zero-order chi connectivity index (χ0) is 21.3. The highest BCUT2D eigenvalue weighted by molar-refractivity contribution is 5.87. The Hall–Kier alpha value is -3.23. The first-order chi connectivity index (χ1) is 14.4. The average Bonchev–Trinajstić information content (AvgIpc) is 3.50. The van der Waals surface area contributed by atoms with Crippen molar-refractivity contribution in [2.24, 2.45) is 0 Å². The molecule has 9 heteroatoms. The van der Waals surface area contributed by atoms with E-state index < -0.39 is 17.2 Å². The van der Waals surface area contributed by atoms with Crippen molar-refractivity contribution in [2.75, 3.05) is 5.32 Å². The molecule has 0 atom stereocenters. The molecule has 1 saturated carbocycles. The number of carbonyl (C=O) groups is 1. The molecular weight excluding hydrogens is 386 g/mol. The van der Waals surface area contributed by atoms with Gasteiger partial charge in [0.2, 0.25) is 0 Å². The lowest BCUT2D eigenvalue weighted by Gasteiger charge is -2.10. The summed E-state index contributed by atoms with van der Waals surface area (Å²) < 4.78 is 1.15. The number of hydrogen-bond donors (Lipinski definition) is 3. The van der Waals surface area contributed by atoms with Crippen LogP contribution in [0.1, 0.15) is 50.5 Å². The lowest BCUT2D eigenvalue weighted by Crippen LogP contribution is -2.35. The van der Waals surface area contributed by atoms with E-state index in [2.05, 4.69) is 20.3 Å². The summed E-state index contributed by atoms with van der Waals surface area (Å²) in [7, 11) is 0. The minimum Gasteiger partial charge on any atom is -0.481 e. The highest BCUT2D eigenvalue weighted by Crippen LogP contribution is 2.28. The van der Waals surface area contributed by atoms with Crippen LogP contribution in [0.25, 0.3) is 22.2 Å². The molecule has 1 aliphatic carbocycles. The summed E-state index contributed by atoms with van der Waals surface area (Å²) in [6, 6.07) is 4.32. The monoisotopic (exact) mass is 411 g/mol. The molecule has 1 aromatic carbocycles. The van der Waals surface area contributed by atoms with Gasteiger partial charge < -0.3 is 10.4 Å². The van der Waals surface area contributed by atoms with Crippen LogP contribution in [0.3, 0.4) is 0 Å². The van der Waals surface area contributed by atoms with E-state index in [1.165, 1.54) is 0 Å². The number of aryl methyl sites for hydroxylation is 1. The predicted octanol–water partition coefficient (Wildman–Crippen LogP) is 2.55. The maximum Gasteiger partial charge on any atom is 0.330 e. The second-order valence-electron chi connectivity index (χ2n) is 7.94. The van der Waals surface area contributed by atoms with Gasteiger partial charge in [0.05, 0.1) is 11.0 Å². The maximum absolute atomic E-state index is 12.9. The standard InChI is InChI=1S/C21H25N5O4/c1-12-10-15-16(11-14(12)22-13-7-8-13)24-19-18(23-15)20(29)26(21(30)25-19)9-5-3-2-4-6-17(27)28/h10-11,13,22H,2-9H2,1H3,(H,27,28)(H,24,25,30). The highest BCUT2D eigenvalue weighted by atomic mass is 16.4. The summed E-state index contributed by atoms with van der Waals surface area (Å²) in [5.41, 5.74) is 2.66. The topological polar surface area (TPSA) is 130 Å². The molecule has 9 nitrogen and oxygen atoms in total. The molecule has 0 spiro atoms. The third kappa shape index (κ3) is 4.34. The molecule has 2 heterocycles. The normalized spacial score (nSPS) is 13.8. The van der Waals surface area contributed by atoms with Gasteiger partial charge in [0, 0.05) is 24.7 Å². The van der Waals surface area contributed by atoms with Gasteiger partial charge in [-0.25, -0.2) is 14.8 Å². The number of rotatable bonds is 9. The van der Waals surface area contributed by atoms with Crippen LogP contribution < -0.4 is 16.6 Å². The number of anilines is 1. The Bertz CT molecular complexity index is 1230. The van der Waals surface area contributed by atoms with Crippen LogP contribution in [0, 0.1) is 6.92 Å². The van der Waals surface area contributed by atoms with Gasteiger partial charge in [0.15, 0.2) is 11.2 Å². The summed E-state index contributed by atoms with van der Waals surface area (Å²) in [4.78, 5) is 47.5. The van der Waals surface area contributed by atoms with Crippen LogP contribution in [0.4, 0.5) is 5.69 Å². The second-order valence-corrected chi connectivity index (χ2v) is 7.94. The fourth-order valence-corrected chi connectivity index (χ4v) is 3.54. The molecule has 3 aromatic rings. The predicted molar refractivity (Wildman–Crippen MR) is 114 cm³/mol. The SMILES string of the molecule is Cc1cc2nc3c(=O)n(CCCCCCC(=O)O)c(=O)[nH]c3nc2cc1NC1CC1. The molecule has 30 heavy (non-hydrogen) atoms. The zero-order valence-electron chi connectivity index (χ0n) is 16.9. The summed E-state index contributed by atoms with van der Waals surface area (Å²) in [6.45, 7) is 2.26. The summed E-state index contributed by atoms with van der Waals surface area (Å²) >= 11 is 0. The Labute approximate surface area is 172 Å². The van der Waals surface area contributed by atoms with E-state index in [4.69, 9.17) is 5.11 Å². The molecule has 3 N–H and O–H groups in total. The van der Waals surface area contributed by atoms with Crippen molar-refractivity contribution in [1.82, 2.24) is 19.5 Å². The smallest absolute Gasteiger partial charge is 0.330 e. The first-order valence-electron chi connectivity index (χ1n) is 10.4. The van der Waals surface area contributed by atoms with Gasteiger partial charge >= 0.3 is 11.7 Å². The van der Waals surface area contributed by atoms with Crippen molar-refractivity contribution in [3.63, 3.8) is 0 Å². The number of H-pyrrole nitrogens is 1. The Kier molecular flexibility index (Phi) is 5.52. The van der Waals surface area contributed by atoms with Crippen molar-refractivity contribution in [3.8, 4) is 0 Å². The van der Waals surface area contributed by atoms with Crippen LogP contribution in [0.2, 0.25) is 0 Å². The van der Waals surface area contributed by atoms with E-state index in [9.17, 15) is 14.4 Å². The number of fused-ring (bicyclic) bond motifs is 2. The molecule has 0 radical (unpaired) electrons. The Morgan fingerprint density at radius 3 is 2.63 bits per heavy atom. The number of aromatic amines is 1. The Balaban J connectivity index is 1.59. The lowest BCUT2D eigenvalue weighted by atomic mass is 10.1. The van der Waals surface area contributed by atoms with E-state index in [1.807, 2.05) is 19.1 Å². The first-order valence-corrected chi connectivity index (χ1v) is 10.4. The largest absolute Gasteiger partial charge is 0.481 e. The molecule has 1 aliphatic rings. The number of nitrogens with one attached hydrogen (secondary N) is 2. The lowest BCUT2D eigenvalue weighted by molar-refractivity contribution is -0.137. The Morgan fingerprint density at radius 2 is 1.90 bits per heavy atom. The van der Waals surface area contributed by atoms with Gasteiger partial charge in [-0.1, -0.05) is 12.8 Å². The molecule has 0 saturated heterocycles. The number of benzene rings is 1. The van der Waals surface area contributed by atoms with Gasteiger partial charge in [-0.3, -0.25) is 19.1 Å². The van der Waals surface area contributed by atoms with Crippen LogP contribution in [0.5, 0.6) is 0 Å². The molecule has 2 aromatic heterocycles. The van der Waals surface area contributed by atoms with Gasteiger partial charge in [-0.15, -0.1) is 0 Å². The van der Waals surface area contributed by atoms with Gasteiger partial charge in [0.25, 0.3) is 5.56 Å². The quantitative estimate of drug-likeness (QED) is 0.364. The van der Waals surface area contributed by atoms with Crippen LogP contribution in [0.15, 0.2) is 21.7 Å². The Morgan fingerprint density at radius 1 is 1.17 bits per heavy atom. The number of unbranched alkanes of at least 4 members (excludes halogenated alkanes) is 3. The number of carboxylic acid groups (broad SMARTS) is 1. The van der Waals surface area contributed by atoms with Gasteiger partial charge in [-0.2, -0.15) is 0 Å². The minimum absolute atomic E-state index is 0.135. The number of aromatic nitrogens is 4. The van der Waals surface area contributed by atoms with Crippen molar-refractivity contribution >= 4 is 33.9 Å². The van der Waals surface area contributed by atoms with E-state index in [1.54, 1.807) is 0 Å². The molecular formula is C21H25N5O4. The fourth-order valence-electron chi connectivity index (χ4n) is 3.54. The molecule has 1 fully saturated rings. The number of carboxylic acids is 1. The highest BCUT2D eigenvalue weighted by Gasteiger charge is 2.22. The fraction of sp³-hybridized carbons (Fsp3) is 0.476. The van der Waals surface area contributed by atoms with Crippen molar-refractivity contribution in [3.05, 3.63) is 38.5 Å². The van der Waals surface area contributed by atoms with Crippen LogP contribution in [-0.2, 0) is 11.3 Å². The molecule has 0 amide bonds. The van der Waals surface area contributed by atoms with E-state index in [0.29, 0.717) is 29.9 Å². The van der Waals surface area contributed by atoms with Gasteiger partial charge in [0.1, 0.15) is 0 Å². The molecule has 4 rings (SSSR count). The molecule has 0 bridgehead atoms. The van der Waals surface area contributed by atoms with Crippen molar-refractivity contribution in [1.29, 1.82) is 0 Å². The number of nitrogens with zero attached hydrogens (tertiary/aromatic N) is 3. The first kappa shape index (κ1) is 20.1.